The van der Waals surface area contributed by atoms with Gasteiger partial charge in [-0.1, -0.05) is 0 Å². The second-order valence-electron chi connectivity index (χ2n) is 3.79. The first kappa shape index (κ1) is 13.1. The molecular formula is C13H15N3O3. The maximum atomic E-state index is 11.4. The van der Waals surface area contributed by atoms with Crippen LogP contribution in [0.2, 0.25) is 0 Å². The summed E-state index contributed by atoms with van der Waals surface area (Å²) < 4.78 is 11.9. The summed E-state index contributed by atoms with van der Waals surface area (Å²) in [4.78, 5) is 15.6. The molecular weight excluding hydrogens is 246 g/mol. The van der Waals surface area contributed by atoms with Crippen LogP contribution in [-0.2, 0) is 11.3 Å². The number of carbonyl (C=O) groups is 1. The van der Waals surface area contributed by atoms with Gasteiger partial charge in [-0.25, -0.2) is 9.78 Å². The van der Waals surface area contributed by atoms with Gasteiger partial charge >= 0.3 is 5.97 Å². The third-order valence-corrected chi connectivity index (χ3v) is 2.51. The van der Waals surface area contributed by atoms with Crippen LogP contribution >= 0.6 is 0 Å². The number of carbonyl (C=O) groups excluding carboxylic acids is 1. The van der Waals surface area contributed by atoms with Crippen LogP contribution in [0.3, 0.4) is 0 Å². The van der Waals surface area contributed by atoms with Gasteiger partial charge in [0.2, 0.25) is 5.88 Å². The summed E-state index contributed by atoms with van der Waals surface area (Å²) in [5.74, 6) is -0.0486. The molecule has 0 saturated carbocycles. The van der Waals surface area contributed by atoms with E-state index in [2.05, 4.69) is 14.8 Å². The maximum absolute atomic E-state index is 11.4. The summed E-state index contributed by atoms with van der Waals surface area (Å²) in [6, 6.07) is 5.26. The Morgan fingerprint density at radius 2 is 2.26 bits per heavy atom. The number of hydrogen-bond donors (Lipinski definition) is 0. The molecule has 0 N–H and O–H groups in total. The number of rotatable bonds is 5. The minimum atomic E-state index is -0.480. The van der Waals surface area contributed by atoms with E-state index in [1.54, 1.807) is 23.0 Å². The average Bonchev–Trinajstić information content (AvgIpc) is 2.93. The molecule has 0 bridgehead atoms. The standard InChI is InChI=1S/C13H15N3O3/c1-3-19-12-10(9-16-8-4-7-14-16)5-6-11(15-12)13(17)18-2/h4-8H,3,9H2,1-2H3. The molecule has 0 spiro atoms. The van der Waals surface area contributed by atoms with Gasteiger partial charge in [0.15, 0.2) is 5.69 Å². The second-order valence-corrected chi connectivity index (χ2v) is 3.79. The summed E-state index contributed by atoms with van der Waals surface area (Å²) in [5, 5.41) is 4.13. The van der Waals surface area contributed by atoms with E-state index in [1.165, 1.54) is 7.11 Å². The normalized spacial score (nSPS) is 10.2. The Morgan fingerprint density at radius 1 is 1.42 bits per heavy atom. The molecule has 0 unspecified atom stereocenters. The Kier molecular flexibility index (Phi) is 4.12. The third-order valence-electron chi connectivity index (χ3n) is 2.51. The molecule has 6 nitrogen and oxygen atoms in total. The lowest BCUT2D eigenvalue weighted by Crippen LogP contribution is -2.10. The Hall–Kier alpha value is -2.37. The monoisotopic (exact) mass is 261 g/mol. The molecule has 19 heavy (non-hydrogen) atoms. The first-order valence-corrected chi connectivity index (χ1v) is 5.93. The quantitative estimate of drug-likeness (QED) is 0.763. The van der Waals surface area contributed by atoms with Gasteiger partial charge in [-0.3, -0.25) is 4.68 Å². The van der Waals surface area contributed by atoms with E-state index in [1.807, 2.05) is 19.2 Å². The van der Waals surface area contributed by atoms with Crippen LogP contribution in [0.4, 0.5) is 0 Å². The van der Waals surface area contributed by atoms with Crippen molar-refractivity contribution in [2.45, 2.75) is 13.5 Å². The van der Waals surface area contributed by atoms with Crippen LogP contribution in [0.5, 0.6) is 5.88 Å². The van der Waals surface area contributed by atoms with E-state index in [0.717, 1.165) is 5.56 Å². The average molecular weight is 261 g/mol. The lowest BCUT2D eigenvalue weighted by Gasteiger charge is -2.10. The Balaban J connectivity index is 2.29. The number of esters is 1. The van der Waals surface area contributed by atoms with E-state index < -0.39 is 5.97 Å². The molecule has 2 heterocycles. The first-order valence-electron chi connectivity index (χ1n) is 5.93. The molecule has 0 aliphatic heterocycles. The summed E-state index contributed by atoms with van der Waals surface area (Å²) >= 11 is 0. The maximum Gasteiger partial charge on any atom is 0.356 e. The molecule has 6 heteroatoms. The highest BCUT2D eigenvalue weighted by molar-refractivity contribution is 5.87. The molecule has 100 valence electrons. The summed E-state index contributed by atoms with van der Waals surface area (Å²) in [6.45, 7) is 2.88. The SMILES string of the molecule is CCOc1nc(C(=O)OC)ccc1Cn1cccn1. The van der Waals surface area contributed by atoms with Crippen molar-refractivity contribution in [3.05, 3.63) is 41.9 Å². The fourth-order valence-electron chi connectivity index (χ4n) is 1.64. The van der Waals surface area contributed by atoms with E-state index >= 15 is 0 Å². The lowest BCUT2D eigenvalue weighted by molar-refractivity contribution is 0.0592. The van der Waals surface area contributed by atoms with Crippen LogP contribution in [-0.4, -0.2) is 34.5 Å². The number of pyridine rings is 1. The summed E-state index contributed by atoms with van der Waals surface area (Å²) in [7, 11) is 1.32. The van der Waals surface area contributed by atoms with Gasteiger partial charge in [-0.15, -0.1) is 0 Å². The zero-order chi connectivity index (χ0) is 13.7. The predicted molar refractivity (Wildman–Crippen MR) is 68.1 cm³/mol. The van der Waals surface area contributed by atoms with Crippen molar-refractivity contribution in [3.8, 4) is 5.88 Å². The van der Waals surface area contributed by atoms with Crippen LogP contribution in [0, 0.1) is 0 Å². The minimum absolute atomic E-state index is 0.232. The minimum Gasteiger partial charge on any atom is -0.478 e. The van der Waals surface area contributed by atoms with Gasteiger partial charge in [0.25, 0.3) is 0 Å². The fraction of sp³-hybridized carbons (Fsp3) is 0.308. The largest absolute Gasteiger partial charge is 0.478 e. The van der Waals surface area contributed by atoms with Gasteiger partial charge in [-0.2, -0.15) is 5.10 Å². The fourth-order valence-corrected chi connectivity index (χ4v) is 1.64. The van der Waals surface area contributed by atoms with Crippen molar-refractivity contribution < 1.29 is 14.3 Å². The van der Waals surface area contributed by atoms with Gasteiger partial charge in [0, 0.05) is 18.0 Å². The van der Waals surface area contributed by atoms with Crippen molar-refractivity contribution in [1.29, 1.82) is 0 Å². The Labute approximate surface area is 111 Å². The van der Waals surface area contributed by atoms with Gasteiger partial charge in [0.05, 0.1) is 20.3 Å². The molecule has 0 fully saturated rings. The first-order chi connectivity index (χ1) is 9.24. The summed E-state index contributed by atoms with van der Waals surface area (Å²) in [5.41, 5.74) is 1.09. The van der Waals surface area contributed by atoms with Crippen molar-refractivity contribution in [1.82, 2.24) is 14.8 Å². The zero-order valence-electron chi connectivity index (χ0n) is 10.9. The Morgan fingerprint density at radius 3 is 2.89 bits per heavy atom. The third kappa shape index (κ3) is 3.09. The number of methoxy groups -OCH3 is 1. The van der Waals surface area contributed by atoms with Crippen LogP contribution in [0.1, 0.15) is 23.0 Å². The highest BCUT2D eigenvalue weighted by atomic mass is 16.5. The molecule has 2 rings (SSSR count). The predicted octanol–water partition coefficient (Wildman–Crippen LogP) is 1.51. The molecule has 0 amide bonds. The van der Waals surface area contributed by atoms with Crippen molar-refractivity contribution >= 4 is 5.97 Å². The highest BCUT2D eigenvalue weighted by Gasteiger charge is 2.13. The number of hydrogen-bond acceptors (Lipinski definition) is 5. The molecule has 2 aromatic rings. The number of aromatic nitrogens is 3. The zero-order valence-corrected chi connectivity index (χ0v) is 10.9. The van der Waals surface area contributed by atoms with Gasteiger partial charge in [0.1, 0.15) is 0 Å². The summed E-state index contributed by atoms with van der Waals surface area (Å²) in [6.07, 6.45) is 3.56. The van der Waals surface area contributed by atoms with Crippen LogP contribution in [0.25, 0.3) is 0 Å². The lowest BCUT2D eigenvalue weighted by atomic mass is 10.2. The molecule has 0 atom stereocenters. The van der Waals surface area contributed by atoms with E-state index in [9.17, 15) is 4.79 Å². The highest BCUT2D eigenvalue weighted by Crippen LogP contribution is 2.18. The molecule has 2 aromatic heterocycles. The van der Waals surface area contributed by atoms with E-state index in [-0.39, 0.29) is 5.69 Å². The number of nitrogens with zero attached hydrogens (tertiary/aromatic N) is 3. The van der Waals surface area contributed by atoms with Crippen LogP contribution in [0.15, 0.2) is 30.6 Å². The Bertz CT molecular complexity index is 552. The van der Waals surface area contributed by atoms with Crippen LogP contribution < -0.4 is 4.74 Å². The van der Waals surface area contributed by atoms with Crippen molar-refractivity contribution in [2.75, 3.05) is 13.7 Å². The van der Waals surface area contributed by atoms with E-state index in [4.69, 9.17) is 4.74 Å². The van der Waals surface area contributed by atoms with Crippen molar-refractivity contribution in [3.63, 3.8) is 0 Å². The molecule has 0 aromatic carbocycles. The molecule has 0 aliphatic rings. The smallest absolute Gasteiger partial charge is 0.356 e. The van der Waals surface area contributed by atoms with E-state index in [0.29, 0.717) is 19.0 Å². The topological polar surface area (TPSA) is 66.2 Å². The second kappa shape index (κ2) is 5.99. The molecule has 0 radical (unpaired) electrons. The molecule has 0 aliphatic carbocycles. The number of ether oxygens (including phenoxy) is 2. The van der Waals surface area contributed by atoms with Gasteiger partial charge < -0.3 is 9.47 Å². The van der Waals surface area contributed by atoms with Crippen molar-refractivity contribution in [2.24, 2.45) is 0 Å². The molecule has 0 saturated heterocycles. The van der Waals surface area contributed by atoms with Gasteiger partial charge in [-0.05, 0) is 25.1 Å².